The van der Waals surface area contributed by atoms with Crippen LogP contribution in [0.1, 0.15) is 5.56 Å². The second kappa shape index (κ2) is 6.51. The van der Waals surface area contributed by atoms with Crippen LogP contribution in [-0.4, -0.2) is 14.2 Å². The van der Waals surface area contributed by atoms with E-state index in [9.17, 15) is 0 Å². The van der Waals surface area contributed by atoms with Crippen LogP contribution in [0.15, 0.2) is 54.8 Å². The summed E-state index contributed by atoms with van der Waals surface area (Å²) in [6.07, 6.45) is 7.75. The van der Waals surface area contributed by atoms with E-state index in [-0.39, 0.29) is 0 Å². The van der Waals surface area contributed by atoms with Gasteiger partial charge in [0.25, 0.3) is 0 Å². The Morgan fingerprint density at radius 3 is 2.50 bits per heavy atom. The Kier molecular flexibility index (Phi) is 4.93. The molecule has 84 valence electrons. The van der Waals surface area contributed by atoms with Crippen LogP contribution in [0.2, 0.25) is 0 Å². The van der Waals surface area contributed by atoms with Crippen LogP contribution in [0.4, 0.5) is 0 Å². The molecule has 0 amide bonds. The van der Waals surface area contributed by atoms with Crippen molar-refractivity contribution in [2.75, 3.05) is 14.2 Å². The third-order valence-electron chi connectivity index (χ3n) is 2.07. The molecular formula is C14H17NO. The van der Waals surface area contributed by atoms with Crippen molar-refractivity contribution in [3.63, 3.8) is 0 Å². The molecule has 0 bridgehead atoms. The molecule has 0 heterocycles. The fourth-order valence-electron chi connectivity index (χ4n) is 1.16. The van der Waals surface area contributed by atoms with Gasteiger partial charge in [-0.1, -0.05) is 30.9 Å². The van der Waals surface area contributed by atoms with Gasteiger partial charge in [0.1, 0.15) is 5.75 Å². The van der Waals surface area contributed by atoms with Crippen molar-refractivity contribution in [2.45, 2.75) is 0 Å². The highest BCUT2D eigenvalue weighted by atomic mass is 16.5. The molecule has 0 aliphatic carbocycles. The first-order valence-electron chi connectivity index (χ1n) is 5.11. The normalized spacial score (nSPS) is 10.9. The van der Waals surface area contributed by atoms with E-state index in [4.69, 9.17) is 4.74 Å². The third-order valence-corrected chi connectivity index (χ3v) is 2.07. The molecule has 0 saturated heterocycles. The smallest absolute Gasteiger partial charge is 0.118 e. The number of allylic oxidation sites excluding steroid dienone is 3. The molecule has 0 aromatic heterocycles. The van der Waals surface area contributed by atoms with Crippen LogP contribution >= 0.6 is 0 Å². The molecule has 1 aromatic rings. The van der Waals surface area contributed by atoms with E-state index in [0.29, 0.717) is 0 Å². The first-order valence-corrected chi connectivity index (χ1v) is 5.11. The van der Waals surface area contributed by atoms with Crippen molar-refractivity contribution < 1.29 is 4.74 Å². The van der Waals surface area contributed by atoms with Crippen LogP contribution in [-0.2, 0) is 0 Å². The third kappa shape index (κ3) is 4.05. The van der Waals surface area contributed by atoms with Gasteiger partial charge in [-0.2, -0.15) is 0 Å². The van der Waals surface area contributed by atoms with Crippen LogP contribution in [0.5, 0.6) is 5.75 Å². The predicted molar refractivity (Wildman–Crippen MR) is 69.4 cm³/mol. The Morgan fingerprint density at radius 2 is 1.94 bits per heavy atom. The van der Waals surface area contributed by atoms with Gasteiger partial charge in [0.2, 0.25) is 0 Å². The van der Waals surface area contributed by atoms with Crippen molar-refractivity contribution in [1.82, 2.24) is 5.32 Å². The van der Waals surface area contributed by atoms with Crippen molar-refractivity contribution in [3.05, 3.63) is 60.3 Å². The Bertz CT molecular complexity index is 388. The molecule has 1 aromatic carbocycles. The minimum atomic E-state index is 0.867. The summed E-state index contributed by atoms with van der Waals surface area (Å²) in [5.74, 6) is 0.867. The van der Waals surface area contributed by atoms with E-state index < -0.39 is 0 Å². The maximum absolute atomic E-state index is 5.09. The number of nitrogens with one attached hydrogen (secondary N) is 1. The largest absolute Gasteiger partial charge is 0.497 e. The summed E-state index contributed by atoms with van der Waals surface area (Å²) < 4.78 is 5.09. The van der Waals surface area contributed by atoms with Gasteiger partial charge in [0.15, 0.2) is 0 Å². The summed E-state index contributed by atoms with van der Waals surface area (Å²) in [6, 6.07) is 7.88. The Morgan fingerprint density at radius 1 is 1.25 bits per heavy atom. The monoisotopic (exact) mass is 215 g/mol. The second-order valence-corrected chi connectivity index (χ2v) is 3.30. The predicted octanol–water partition coefficient (Wildman–Crippen LogP) is 3.00. The molecule has 2 nitrogen and oxygen atoms in total. The Hall–Kier alpha value is -1.96. The lowest BCUT2D eigenvalue weighted by atomic mass is 10.1. The number of ether oxygens (including phenoxy) is 1. The quantitative estimate of drug-likeness (QED) is 0.762. The van der Waals surface area contributed by atoms with Gasteiger partial charge >= 0.3 is 0 Å². The molecule has 16 heavy (non-hydrogen) atoms. The minimum Gasteiger partial charge on any atom is -0.497 e. The Balaban J connectivity index is 2.62. The fourth-order valence-corrected chi connectivity index (χ4v) is 1.16. The lowest BCUT2D eigenvalue weighted by Crippen LogP contribution is -1.90. The van der Waals surface area contributed by atoms with Crippen molar-refractivity contribution in [1.29, 1.82) is 0 Å². The SMILES string of the molecule is C=C(/C=C\NC)/C=C/c1ccc(OC)cc1. The average molecular weight is 215 g/mol. The molecule has 0 unspecified atom stereocenters. The van der Waals surface area contributed by atoms with E-state index in [1.807, 2.05) is 55.7 Å². The zero-order valence-corrected chi connectivity index (χ0v) is 9.73. The maximum atomic E-state index is 5.09. The molecule has 2 heteroatoms. The number of rotatable bonds is 5. The van der Waals surface area contributed by atoms with E-state index in [1.165, 1.54) is 0 Å². The summed E-state index contributed by atoms with van der Waals surface area (Å²) in [7, 11) is 3.52. The number of hydrogen-bond acceptors (Lipinski definition) is 2. The molecule has 0 fully saturated rings. The number of methoxy groups -OCH3 is 1. The summed E-state index contributed by atoms with van der Waals surface area (Å²) in [5, 5.41) is 2.92. The highest BCUT2D eigenvalue weighted by molar-refractivity contribution is 5.55. The fraction of sp³-hybridized carbons (Fsp3) is 0.143. The van der Waals surface area contributed by atoms with Gasteiger partial charge in [-0.15, -0.1) is 0 Å². The van der Waals surface area contributed by atoms with Gasteiger partial charge in [0, 0.05) is 7.05 Å². The van der Waals surface area contributed by atoms with Crippen LogP contribution in [0, 0.1) is 0 Å². The molecule has 0 radical (unpaired) electrons. The topological polar surface area (TPSA) is 21.3 Å². The molecule has 0 saturated carbocycles. The van der Waals surface area contributed by atoms with E-state index in [0.717, 1.165) is 16.9 Å². The Labute approximate surface area is 96.9 Å². The van der Waals surface area contributed by atoms with E-state index >= 15 is 0 Å². The molecule has 0 aliphatic rings. The maximum Gasteiger partial charge on any atom is 0.118 e. The van der Waals surface area contributed by atoms with Crippen LogP contribution in [0.3, 0.4) is 0 Å². The highest BCUT2D eigenvalue weighted by Gasteiger charge is 1.89. The van der Waals surface area contributed by atoms with Gasteiger partial charge in [0.05, 0.1) is 7.11 Å². The van der Waals surface area contributed by atoms with E-state index in [2.05, 4.69) is 11.9 Å². The van der Waals surface area contributed by atoms with E-state index in [1.54, 1.807) is 7.11 Å². The first-order chi connectivity index (χ1) is 7.76. The van der Waals surface area contributed by atoms with Crippen molar-refractivity contribution >= 4 is 6.08 Å². The molecule has 1 N–H and O–H groups in total. The van der Waals surface area contributed by atoms with Gasteiger partial charge in [-0.3, -0.25) is 0 Å². The number of benzene rings is 1. The average Bonchev–Trinajstić information content (AvgIpc) is 2.34. The lowest BCUT2D eigenvalue weighted by Gasteiger charge is -1.99. The van der Waals surface area contributed by atoms with Gasteiger partial charge < -0.3 is 10.1 Å². The summed E-state index contributed by atoms with van der Waals surface area (Å²) in [5.41, 5.74) is 2.07. The van der Waals surface area contributed by atoms with Crippen LogP contribution < -0.4 is 10.1 Å². The molecule has 0 atom stereocenters. The number of hydrogen-bond donors (Lipinski definition) is 1. The molecule has 1 rings (SSSR count). The zero-order chi connectivity index (χ0) is 11.8. The van der Waals surface area contributed by atoms with Crippen molar-refractivity contribution in [2.24, 2.45) is 0 Å². The molecule has 0 spiro atoms. The minimum absolute atomic E-state index is 0.867. The second-order valence-electron chi connectivity index (χ2n) is 3.30. The first kappa shape index (κ1) is 12.1. The zero-order valence-electron chi connectivity index (χ0n) is 9.73. The summed E-state index contributed by atoms with van der Waals surface area (Å²) in [4.78, 5) is 0. The van der Waals surface area contributed by atoms with Crippen molar-refractivity contribution in [3.8, 4) is 5.75 Å². The lowest BCUT2D eigenvalue weighted by molar-refractivity contribution is 0.415. The molecule has 0 aliphatic heterocycles. The highest BCUT2D eigenvalue weighted by Crippen LogP contribution is 2.12. The standard InChI is InChI=1S/C14H17NO/c1-12(10-11-15-2)4-5-13-6-8-14(16-3)9-7-13/h4-11,15H,1H2,2-3H3/b5-4+,11-10-. The van der Waals surface area contributed by atoms with Crippen LogP contribution in [0.25, 0.3) is 6.08 Å². The molecular weight excluding hydrogens is 198 g/mol. The summed E-state index contributed by atoms with van der Waals surface area (Å²) in [6.45, 7) is 3.90. The van der Waals surface area contributed by atoms with Gasteiger partial charge in [-0.05, 0) is 35.5 Å². The summed E-state index contributed by atoms with van der Waals surface area (Å²) >= 11 is 0. The van der Waals surface area contributed by atoms with Gasteiger partial charge in [-0.25, -0.2) is 0 Å².